The van der Waals surface area contributed by atoms with E-state index in [0.29, 0.717) is 17.8 Å². The van der Waals surface area contributed by atoms with Crippen LogP contribution in [-0.4, -0.2) is 45.2 Å². The number of carbonyl (C=O) groups is 2. The van der Waals surface area contributed by atoms with E-state index in [1.54, 1.807) is 12.4 Å². The zero-order valence-corrected chi connectivity index (χ0v) is 16.3. The van der Waals surface area contributed by atoms with Crippen LogP contribution in [0.4, 0.5) is 10.5 Å². The molecule has 2 atom stereocenters. The van der Waals surface area contributed by atoms with Crippen LogP contribution in [0, 0.1) is 5.41 Å². The second-order valence-electron chi connectivity index (χ2n) is 8.13. The topological polar surface area (TPSA) is 94.6 Å². The molecule has 27 heavy (non-hydrogen) atoms. The molecule has 2 aromatic heterocycles. The molecule has 2 aliphatic rings. The number of nitrogens with one attached hydrogen (secondary N) is 2. The van der Waals surface area contributed by atoms with Gasteiger partial charge in [0.05, 0.1) is 11.7 Å². The Bertz CT molecular complexity index is 905. The lowest BCUT2D eigenvalue weighted by molar-refractivity contribution is 0.0669. The summed E-state index contributed by atoms with van der Waals surface area (Å²) in [6.07, 6.45) is 3.00. The van der Waals surface area contributed by atoms with Crippen LogP contribution in [0.3, 0.4) is 0 Å². The SMILES string of the molecule is CC(C)(C)C1N(C(=O)O)CCC12NC(=O)c1sc(-c3ccncc3)cc1N2. The zero-order chi connectivity index (χ0) is 19.4. The number of fused-ring (bicyclic) bond motifs is 1. The maximum atomic E-state index is 12.9. The monoisotopic (exact) mass is 386 g/mol. The number of thiophene rings is 1. The normalized spacial score (nSPS) is 24.5. The van der Waals surface area contributed by atoms with Crippen LogP contribution in [0.5, 0.6) is 0 Å². The molecule has 1 fully saturated rings. The fourth-order valence-electron chi connectivity index (χ4n) is 4.35. The predicted octanol–water partition coefficient (Wildman–Crippen LogP) is 3.46. The van der Waals surface area contributed by atoms with Crippen molar-refractivity contribution in [3.8, 4) is 10.4 Å². The van der Waals surface area contributed by atoms with Crippen molar-refractivity contribution in [1.82, 2.24) is 15.2 Å². The third-order valence-electron chi connectivity index (χ3n) is 5.19. The van der Waals surface area contributed by atoms with E-state index in [1.165, 1.54) is 16.2 Å². The van der Waals surface area contributed by atoms with Crippen molar-refractivity contribution < 1.29 is 14.7 Å². The van der Waals surface area contributed by atoms with Gasteiger partial charge >= 0.3 is 6.09 Å². The Morgan fingerprint density at radius 2 is 2.04 bits per heavy atom. The van der Waals surface area contributed by atoms with Crippen LogP contribution in [0.2, 0.25) is 0 Å². The first-order chi connectivity index (χ1) is 12.7. The first-order valence-corrected chi connectivity index (χ1v) is 9.67. The molecule has 0 aromatic carbocycles. The highest BCUT2D eigenvalue weighted by atomic mass is 32.1. The van der Waals surface area contributed by atoms with Gasteiger partial charge in [-0.15, -0.1) is 11.3 Å². The average Bonchev–Trinajstić information content (AvgIpc) is 3.18. The highest BCUT2D eigenvalue weighted by molar-refractivity contribution is 7.18. The van der Waals surface area contributed by atoms with Gasteiger partial charge < -0.3 is 20.6 Å². The van der Waals surface area contributed by atoms with Gasteiger partial charge in [-0.1, -0.05) is 20.8 Å². The molecule has 2 amide bonds. The number of carbonyl (C=O) groups excluding carboxylic acids is 1. The Morgan fingerprint density at radius 1 is 1.33 bits per heavy atom. The molecule has 1 saturated heterocycles. The first-order valence-electron chi connectivity index (χ1n) is 8.86. The molecular weight excluding hydrogens is 364 g/mol. The Hall–Kier alpha value is -2.61. The van der Waals surface area contributed by atoms with E-state index in [9.17, 15) is 14.7 Å². The fourth-order valence-corrected chi connectivity index (χ4v) is 5.36. The minimum atomic E-state index is -0.962. The molecule has 4 rings (SSSR count). The number of pyridine rings is 1. The lowest BCUT2D eigenvalue weighted by Gasteiger charge is -2.47. The van der Waals surface area contributed by atoms with E-state index < -0.39 is 11.8 Å². The van der Waals surface area contributed by atoms with Crippen LogP contribution in [0.1, 0.15) is 36.9 Å². The standard InChI is InChI=1S/C19H22N4O3S/c1-18(2,3)16-19(6-9-23(16)17(25)26)21-12-10-13(11-4-7-20-8-5-11)27-14(12)15(24)22-19/h4-5,7-8,10,16,21H,6,9H2,1-3H3,(H,22,24)(H,25,26). The second kappa shape index (κ2) is 5.95. The van der Waals surface area contributed by atoms with Gasteiger partial charge in [0.2, 0.25) is 0 Å². The Labute approximate surface area is 161 Å². The number of hydrogen-bond donors (Lipinski definition) is 3. The summed E-state index contributed by atoms with van der Waals surface area (Å²) >= 11 is 1.42. The van der Waals surface area contributed by atoms with E-state index in [2.05, 4.69) is 15.6 Å². The van der Waals surface area contributed by atoms with Gasteiger partial charge in [0, 0.05) is 30.2 Å². The van der Waals surface area contributed by atoms with Crippen LogP contribution >= 0.6 is 11.3 Å². The van der Waals surface area contributed by atoms with Crippen LogP contribution in [-0.2, 0) is 0 Å². The fraction of sp³-hybridized carbons (Fsp3) is 0.421. The molecule has 2 unspecified atom stereocenters. The number of carboxylic acid groups (broad SMARTS) is 1. The third-order valence-corrected chi connectivity index (χ3v) is 6.37. The lowest BCUT2D eigenvalue weighted by atomic mass is 9.78. The number of rotatable bonds is 1. The molecule has 0 radical (unpaired) electrons. The molecule has 3 N–H and O–H groups in total. The Balaban J connectivity index is 1.75. The number of nitrogens with zero attached hydrogens (tertiary/aromatic N) is 2. The zero-order valence-electron chi connectivity index (χ0n) is 15.4. The smallest absolute Gasteiger partial charge is 0.407 e. The molecule has 4 heterocycles. The van der Waals surface area contributed by atoms with Crippen molar-refractivity contribution in [3.05, 3.63) is 35.5 Å². The summed E-state index contributed by atoms with van der Waals surface area (Å²) in [6, 6.07) is 5.40. The number of hydrogen-bond acceptors (Lipinski definition) is 5. The van der Waals surface area contributed by atoms with Crippen molar-refractivity contribution in [2.24, 2.45) is 5.41 Å². The molecule has 7 nitrogen and oxygen atoms in total. The van der Waals surface area contributed by atoms with Gasteiger partial charge in [0.25, 0.3) is 5.91 Å². The van der Waals surface area contributed by atoms with Gasteiger partial charge in [-0.25, -0.2) is 4.79 Å². The van der Waals surface area contributed by atoms with Crippen LogP contribution < -0.4 is 10.6 Å². The molecule has 0 aliphatic carbocycles. The van der Waals surface area contributed by atoms with Crippen molar-refractivity contribution >= 4 is 29.0 Å². The van der Waals surface area contributed by atoms with Gasteiger partial charge in [0.15, 0.2) is 0 Å². The molecule has 8 heteroatoms. The molecule has 142 valence electrons. The van der Waals surface area contributed by atoms with E-state index in [-0.39, 0.29) is 17.4 Å². The third kappa shape index (κ3) is 2.84. The summed E-state index contributed by atoms with van der Waals surface area (Å²) in [7, 11) is 0. The highest BCUT2D eigenvalue weighted by Crippen LogP contribution is 2.45. The molecule has 0 saturated carbocycles. The van der Waals surface area contributed by atoms with E-state index in [0.717, 1.165) is 16.1 Å². The largest absolute Gasteiger partial charge is 0.465 e. The summed E-state index contributed by atoms with van der Waals surface area (Å²) in [5.74, 6) is -0.157. The average molecular weight is 386 g/mol. The Morgan fingerprint density at radius 3 is 2.67 bits per heavy atom. The molecule has 1 spiro atoms. The van der Waals surface area contributed by atoms with E-state index in [4.69, 9.17) is 0 Å². The summed E-state index contributed by atoms with van der Waals surface area (Å²) in [5.41, 5.74) is 0.601. The van der Waals surface area contributed by atoms with Crippen LogP contribution in [0.25, 0.3) is 10.4 Å². The first kappa shape index (κ1) is 17.8. The quantitative estimate of drug-likeness (QED) is 0.698. The molecule has 0 bridgehead atoms. The van der Waals surface area contributed by atoms with Gasteiger partial charge in [-0.3, -0.25) is 9.78 Å². The maximum absolute atomic E-state index is 12.9. The van der Waals surface area contributed by atoms with Crippen molar-refractivity contribution in [2.75, 3.05) is 11.9 Å². The minimum absolute atomic E-state index is 0.157. The van der Waals surface area contributed by atoms with Gasteiger partial charge in [0.1, 0.15) is 10.5 Å². The van der Waals surface area contributed by atoms with Crippen LogP contribution in [0.15, 0.2) is 30.6 Å². The number of amides is 2. The van der Waals surface area contributed by atoms with Crippen molar-refractivity contribution in [1.29, 1.82) is 0 Å². The number of anilines is 1. The number of likely N-dealkylation sites (tertiary alicyclic amines) is 1. The number of aromatic nitrogens is 1. The second-order valence-corrected chi connectivity index (χ2v) is 9.19. The summed E-state index contributed by atoms with van der Waals surface area (Å²) < 4.78 is 0. The maximum Gasteiger partial charge on any atom is 0.407 e. The summed E-state index contributed by atoms with van der Waals surface area (Å²) in [6.45, 7) is 6.38. The molecule has 2 aliphatic heterocycles. The minimum Gasteiger partial charge on any atom is -0.465 e. The Kier molecular flexibility index (Phi) is 3.92. The lowest BCUT2D eigenvalue weighted by Crippen LogP contribution is -2.67. The van der Waals surface area contributed by atoms with Crippen molar-refractivity contribution in [3.63, 3.8) is 0 Å². The van der Waals surface area contributed by atoms with Gasteiger partial charge in [-0.05, 0) is 29.2 Å². The summed E-state index contributed by atoms with van der Waals surface area (Å²) in [5, 5.41) is 16.2. The van der Waals surface area contributed by atoms with E-state index in [1.807, 2.05) is 39.0 Å². The highest BCUT2D eigenvalue weighted by Gasteiger charge is 2.57. The predicted molar refractivity (Wildman–Crippen MR) is 104 cm³/mol. The van der Waals surface area contributed by atoms with Crippen molar-refractivity contribution in [2.45, 2.75) is 38.9 Å². The van der Waals surface area contributed by atoms with Gasteiger partial charge in [-0.2, -0.15) is 0 Å². The van der Waals surface area contributed by atoms with E-state index >= 15 is 0 Å². The molecular formula is C19H22N4O3S. The molecule has 2 aromatic rings. The summed E-state index contributed by atoms with van der Waals surface area (Å²) in [4.78, 5) is 31.8.